The fraction of sp³-hybridized carbons (Fsp3) is 0.806. The van der Waals surface area contributed by atoms with Gasteiger partial charge >= 0.3 is 0 Å². The third-order valence-electron chi connectivity index (χ3n) is 11.4. The van der Waals surface area contributed by atoms with Crippen LogP contribution in [-0.4, -0.2) is 56.0 Å². The Morgan fingerprint density at radius 3 is 2.22 bits per heavy atom. The van der Waals surface area contributed by atoms with Gasteiger partial charge in [-0.1, -0.05) is 79.9 Å². The predicted molar refractivity (Wildman–Crippen MR) is 195 cm³/mol. The summed E-state index contributed by atoms with van der Waals surface area (Å²) in [5.74, 6) is 1.49. The van der Waals surface area contributed by atoms with Gasteiger partial charge in [-0.3, -0.25) is 9.52 Å². The summed E-state index contributed by atoms with van der Waals surface area (Å²) in [5.41, 5.74) is 2.43. The minimum atomic E-state index is -3.63. The van der Waals surface area contributed by atoms with Gasteiger partial charge in [-0.2, -0.15) is 0 Å². The third kappa shape index (κ3) is 10.4. The molecule has 1 saturated carbocycles. The first-order valence-electron chi connectivity index (χ1n) is 17.6. The first kappa shape index (κ1) is 39.2. The van der Waals surface area contributed by atoms with Gasteiger partial charge in [0.05, 0.1) is 6.26 Å². The van der Waals surface area contributed by atoms with Gasteiger partial charge in [0.15, 0.2) is 23.2 Å². The Labute approximate surface area is 283 Å². The lowest BCUT2D eigenvalue weighted by Crippen LogP contribution is -2.46. The smallest absolute Gasteiger partial charge is 0.271 e. The van der Waals surface area contributed by atoms with Crippen molar-refractivity contribution in [2.24, 2.45) is 17.8 Å². The molecule has 7 nitrogen and oxygen atoms in total. The van der Waals surface area contributed by atoms with E-state index in [4.69, 9.17) is 13.6 Å². The zero-order chi connectivity index (χ0) is 34.7. The maximum atomic E-state index is 12.2. The molecule has 0 bridgehead atoms. The monoisotopic (exact) mass is 695 g/mol. The lowest BCUT2D eigenvalue weighted by Gasteiger charge is -2.42. The van der Waals surface area contributed by atoms with Gasteiger partial charge in [0.2, 0.25) is 10.0 Å². The van der Waals surface area contributed by atoms with E-state index in [0.29, 0.717) is 23.5 Å². The molecule has 1 N–H and O–H groups in total. The average molecular weight is 696 g/mol. The minimum Gasteiger partial charge on any atom is -0.483 e. The van der Waals surface area contributed by atoms with E-state index in [9.17, 15) is 13.2 Å². The second kappa shape index (κ2) is 15.1. The lowest BCUT2D eigenvalue weighted by atomic mass is 9.73. The second-order valence-corrected chi connectivity index (χ2v) is 28.5. The first-order valence-corrected chi connectivity index (χ1v) is 25.3. The fourth-order valence-corrected chi connectivity index (χ4v) is 10.1. The summed E-state index contributed by atoms with van der Waals surface area (Å²) >= 11 is 0. The number of rotatable bonds is 15. The van der Waals surface area contributed by atoms with Gasteiger partial charge in [0, 0.05) is 12.2 Å². The van der Waals surface area contributed by atoms with Crippen LogP contribution >= 0.6 is 0 Å². The number of ether oxygens (including phenoxy) is 1. The van der Waals surface area contributed by atoms with Gasteiger partial charge in [-0.15, -0.1) is 0 Å². The molecule has 10 heteroatoms. The van der Waals surface area contributed by atoms with Gasteiger partial charge < -0.3 is 13.6 Å². The molecule has 1 fully saturated rings. The normalized spacial score (nSPS) is 23.0. The van der Waals surface area contributed by atoms with Gasteiger partial charge in [-0.25, -0.2) is 8.42 Å². The highest BCUT2D eigenvalue weighted by Crippen LogP contribution is 2.52. The Balaban J connectivity index is 1.86. The van der Waals surface area contributed by atoms with E-state index in [1.807, 2.05) is 16.9 Å². The van der Waals surface area contributed by atoms with Crippen LogP contribution in [0.2, 0.25) is 36.3 Å². The Kier molecular flexibility index (Phi) is 12.9. The molecule has 0 aliphatic heterocycles. The molecule has 264 valence electrons. The van der Waals surface area contributed by atoms with E-state index in [1.54, 1.807) is 0 Å². The Morgan fingerprint density at radius 1 is 0.978 bits per heavy atom. The molecule has 0 heterocycles. The van der Waals surface area contributed by atoms with Crippen LogP contribution < -0.4 is 9.46 Å². The predicted octanol–water partition coefficient (Wildman–Crippen LogP) is 8.63. The Bertz CT molecular complexity index is 1280. The summed E-state index contributed by atoms with van der Waals surface area (Å²) in [6.45, 7) is 25.5. The quantitative estimate of drug-likeness (QED) is 0.146. The van der Waals surface area contributed by atoms with E-state index < -0.39 is 32.6 Å². The molecule has 0 saturated heterocycles. The van der Waals surface area contributed by atoms with Crippen molar-refractivity contribution >= 4 is 32.6 Å². The molecule has 2 aliphatic carbocycles. The number of fused-ring (bicyclic) bond motifs is 2. The highest BCUT2D eigenvalue weighted by molar-refractivity contribution is 7.89. The molecule has 1 amide bonds. The molecule has 0 aromatic heterocycles. The lowest BCUT2D eigenvalue weighted by molar-refractivity contribution is -0.121. The van der Waals surface area contributed by atoms with Gasteiger partial charge in [0.1, 0.15) is 5.75 Å². The molecule has 5 atom stereocenters. The van der Waals surface area contributed by atoms with E-state index in [0.717, 1.165) is 50.3 Å². The molecule has 1 aromatic rings. The fourth-order valence-electron chi connectivity index (χ4n) is 6.84. The molecule has 0 spiro atoms. The zero-order valence-corrected chi connectivity index (χ0v) is 33.9. The van der Waals surface area contributed by atoms with Crippen LogP contribution in [0.3, 0.4) is 0 Å². The molecule has 46 heavy (non-hydrogen) atoms. The summed E-state index contributed by atoms with van der Waals surface area (Å²) in [5, 5.41) is 0.316. The maximum Gasteiger partial charge on any atom is 0.271 e. The van der Waals surface area contributed by atoms with Crippen LogP contribution in [0.25, 0.3) is 0 Å². The summed E-state index contributed by atoms with van der Waals surface area (Å²) < 4.78 is 45.3. The van der Waals surface area contributed by atoms with Crippen LogP contribution in [-0.2, 0) is 36.5 Å². The molecule has 1 unspecified atom stereocenters. The van der Waals surface area contributed by atoms with Crippen LogP contribution in [0.15, 0.2) is 18.2 Å². The van der Waals surface area contributed by atoms with Crippen molar-refractivity contribution in [1.29, 1.82) is 0 Å². The highest BCUT2D eigenvalue weighted by atomic mass is 32.2. The molecule has 3 rings (SSSR count). The SMILES string of the molecule is CCCCC[C@@H](CC[C@H]1C(O[Si](C)(C)C(C)(C)C)C[C@@H]2Cc3c(cccc3OCC(=O)NS(C)(=O)=O)C[C@@H]21)O[Si](C)(C)C(C)(C)C. The number of sulfonamides is 1. The molecular formula is C36H65NO6SSi2. The Hall–Kier alpha value is -1.21. The van der Waals surface area contributed by atoms with E-state index in [1.165, 1.54) is 24.8 Å². The van der Waals surface area contributed by atoms with Crippen molar-refractivity contribution in [1.82, 2.24) is 4.72 Å². The van der Waals surface area contributed by atoms with Crippen molar-refractivity contribution < 1.29 is 26.8 Å². The van der Waals surface area contributed by atoms with Gasteiger partial charge in [0.25, 0.3) is 5.91 Å². The van der Waals surface area contributed by atoms with Crippen LogP contribution in [0.1, 0.15) is 105 Å². The topological polar surface area (TPSA) is 90.9 Å². The summed E-state index contributed by atoms with van der Waals surface area (Å²) in [4.78, 5) is 12.2. The van der Waals surface area contributed by atoms with E-state index in [2.05, 4.69) is 80.7 Å². The number of nitrogens with one attached hydrogen (secondary N) is 1. The van der Waals surface area contributed by atoms with Crippen molar-refractivity contribution in [3.8, 4) is 5.75 Å². The summed E-state index contributed by atoms with van der Waals surface area (Å²) in [6.07, 6.45) is 11.4. The zero-order valence-electron chi connectivity index (χ0n) is 31.0. The number of hydrogen-bond donors (Lipinski definition) is 1. The second-order valence-electron chi connectivity index (χ2n) is 17.2. The molecular weight excluding hydrogens is 631 g/mol. The number of benzene rings is 1. The number of carbonyl (C=O) groups is 1. The van der Waals surface area contributed by atoms with Gasteiger partial charge in [-0.05, 0) is 110 Å². The number of unbranched alkanes of at least 4 members (excludes halogenated alkanes) is 2. The van der Waals surface area contributed by atoms with Crippen molar-refractivity contribution in [3.63, 3.8) is 0 Å². The third-order valence-corrected chi connectivity index (χ3v) is 21.1. The van der Waals surface area contributed by atoms with Crippen molar-refractivity contribution in [2.45, 2.75) is 155 Å². The van der Waals surface area contributed by atoms with E-state index in [-0.39, 0.29) is 28.9 Å². The summed E-state index contributed by atoms with van der Waals surface area (Å²) in [6, 6.07) is 6.09. The van der Waals surface area contributed by atoms with Crippen LogP contribution in [0.4, 0.5) is 0 Å². The van der Waals surface area contributed by atoms with Crippen molar-refractivity contribution in [3.05, 3.63) is 29.3 Å². The van der Waals surface area contributed by atoms with Crippen molar-refractivity contribution in [2.75, 3.05) is 12.9 Å². The number of carbonyl (C=O) groups excluding carboxylic acids is 1. The largest absolute Gasteiger partial charge is 0.483 e. The maximum absolute atomic E-state index is 12.2. The van der Waals surface area contributed by atoms with Crippen LogP contribution in [0.5, 0.6) is 5.75 Å². The standard InChI is InChI=1S/C36H65NO6SSi2/c1-13-14-15-18-28(42-45(9,10)35(2,3)4)20-21-29-30-22-26-17-16-19-32(41-25-34(38)37-44(8,39)40)31(26)23-27(30)24-33(29)43-46(11,12)36(5,6)7/h16-17,19,27-30,33H,13-15,18,20-25H2,1-12H3,(H,37,38)/t27-,28-,29+,30-,33?/m0/s1. The summed E-state index contributed by atoms with van der Waals surface area (Å²) in [7, 11) is -7.53. The number of amides is 1. The van der Waals surface area contributed by atoms with Crippen LogP contribution in [0, 0.1) is 17.8 Å². The first-order chi connectivity index (χ1) is 21.0. The highest BCUT2D eigenvalue weighted by Gasteiger charge is 2.50. The molecule has 1 aromatic carbocycles. The molecule has 2 aliphatic rings. The minimum absolute atomic E-state index is 0.135. The Morgan fingerprint density at radius 2 is 1.63 bits per heavy atom. The average Bonchev–Trinajstić information content (AvgIpc) is 3.21. The molecule has 0 radical (unpaired) electrons. The van der Waals surface area contributed by atoms with E-state index >= 15 is 0 Å². The number of hydrogen-bond acceptors (Lipinski definition) is 6.